The minimum atomic E-state index is -4.19. The van der Waals surface area contributed by atoms with Gasteiger partial charge in [-0.15, -0.1) is 0 Å². The van der Waals surface area contributed by atoms with E-state index in [0.717, 1.165) is 42.6 Å². The second kappa shape index (κ2) is 11.9. The van der Waals surface area contributed by atoms with Crippen LogP contribution >= 0.6 is 0 Å². The topological polar surface area (TPSA) is 153 Å². The molecule has 0 radical (unpaired) electrons. The molecule has 1 saturated heterocycles. The molecule has 0 spiro atoms. The third-order valence-corrected chi connectivity index (χ3v) is 8.87. The molecule has 11 nitrogen and oxygen atoms in total. The van der Waals surface area contributed by atoms with E-state index in [4.69, 9.17) is 4.42 Å². The molecule has 1 aliphatic carbocycles. The second-order valence-corrected chi connectivity index (χ2v) is 11.5. The van der Waals surface area contributed by atoms with Gasteiger partial charge in [-0.2, -0.15) is 9.04 Å². The van der Waals surface area contributed by atoms with Gasteiger partial charge < -0.3 is 20.3 Å². The molecule has 37 heavy (non-hydrogen) atoms. The van der Waals surface area contributed by atoms with Crippen LogP contribution in [0.2, 0.25) is 0 Å². The van der Waals surface area contributed by atoms with Gasteiger partial charge in [0.25, 0.3) is 5.91 Å². The summed E-state index contributed by atoms with van der Waals surface area (Å²) >= 11 is 0. The van der Waals surface area contributed by atoms with Gasteiger partial charge in [-0.25, -0.2) is 8.42 Å². The zero-order valence-electron chi connectivity index (χ0n) is 20.5. The van der Waals surface area contributed by atoms with Crippen LogP contribution in [0.15, 0.2) is 52.4 Å². The Labute approximate surface area is 215 Å². The molecule has 2 amide bonds. The molecule has 1 aliphatic heterocycles. The van der Waals surface area contributed by atoms with Crippen LogP contribution in [0.5, 0.6) is 0 Å². The molecule has 0 aromatic carbocycles. The van der Waals surface area contributed by atoms with Crippen molar-refractivity contribution < 1.29 is 31.9 Å². The summed E-state index contributed by atoms with van der Waals surface area (Å²) in [5.41, 5.74) is 0.296. The Morgan fingerprint density at radius 1 is 1.14 bits per heavy atom. The van der Waals surface area contributed by atoms with E-state index in [-0.39, 0.29) is 23.6 Å². The first-order valence-electron chi connectivity index (χ1n) is 12.6. The molecule has 2 aromatic heterocycles. The number of Topliss-reactive ketones (excluding diaryl/α,β-unsaturated/α-hetero) is 1. The molecule has 2 N–H and O–H groups in total. The van der Waals surface area contributed by atoms with E-state index in [1.165, 1.54) is 36.8 Å². The fourth-order valence-electron chi connectivity index (χ4n) is 4.99. The number of sulfonamides is 1. The predicted octanol–water partition coefficient (Wildman–Crippen LogP) is 1.52. The summed E-state index contributed by atoms with van der Waals surface area (Å²) in [6.07, 6.45) is 10.0. The molecule has 0 bridgehead atoms. The molecular formula is C25H32N4O7S. The number of rotatable bonds is 8. The van der Waals surface area contributed by atoms with Gasteiger partial charge in [-0.3, -0.25) is 14.4 Å². The molecule has 2 aromatic rings. The standard InChI is InChI=1S/C25H32N4O7S/c30-22-16-28(37(34,35)23-10-4-5-13-29(23)33)12-6-9-20(22)26-25(32)21(15-18-7-2-1-3-8-18)27-24(31)19-11-14-36-17-19/h4-5,10-11,13-14,17-18,20-21H,1-3,6-9,12,15-16H2,(H,26,32)(H,27,31)/t20-,21-/m0/s1. The monoisotopic (exact) mass is 532 g/mol. The zero-order valence-corrected chi connectivity index (χ0v) is 21.3. The van der Waals surface area contributed by atoms with Crippen LogP contribution < -0.4 is 15.4 Å². The van der Waals surface area contributed by atoms with Crippen LogP contribution in [0.4, 0.5) is 0 Å². The summed E-state index contributed by atoms with van der Waals surface area (Å²) in [7, 11) is -4.19. The summed E-state index contributed by atoms with van der Waals surface area (Å²) in [5.74, 6) is -1.11. The van der Waals surface area contributed by atoms with Crippen molar-refractivity contribution in [3.05, 3.63) is 53.8 Å². The first-order chi connectivity index (χ1) is 17.8. The van der Waals surface area contributed by atoms with Gasteiger partial charge in [0.2, 0.25) is 5.91 Å². The Morgan fingerprint density at radius 3 is 2.62 bits per heavy atom. The van der Waals surface area contributed by atoms with Crippen LogP contribution in [-0.4, -0.2) is 55.5 Å². The van der Waals surface area contributed by atoms with Crippen LogP contribution in [0.1, 0.15) is 61.7 Å². The zero-order chi connectivity index (χ0) is 26.4. The van der Waals surface area contributed by atoms with Crippen molar-refractivity contribution in [3.8, 4) is 0 Å². The Morgan fingerprint density at radius 2 is 1.92 bits per heavy atom. The fourth-order valence-corrected chi connectivity index (χ4v) is 6.46. The highest BCUT2D eigenvalue weighted by Crippen LogP contribution is 2.27. The number of carbonyl (C=O) groups excluding carboxylic acids is 3. The largest absolute Gasteiger partial charge is 0.618 e. The molecular weight excluding hydrogens is 500 g/mol. The quantitative estimate of drug-likeness (QED) is 0.386. The maximum Gasteiger partial charge on any atom is 0.323 e. The van der Waals surface area contributed by atoms with Crippen molar-refractivity contribution in [1.82, 2.24) is 14.9 Å². The number of furan rings is 1. The number of amides is 2. The third-order valence-electron chi connectivity index (χ3n) is 7.03. The normalized spacial score (nSPS) is 20.6. The smallest absolute Gasteiger partial charge is 0.323 e. The van der Waals surface area contributed by atoms with Crippen molar-refractivity contribution in [3.63, 3.8) is 0 Å². The second-order valence-electron chi connectivity index (χ2n) is 9.65. The number of nitrogens with zero attached hydrogens (tertiary/aromatic N) is 2. The minimum absolute atomic E-state index is 0.0397. The first kappa shape index (κ1) is 26.8. The van der Waals surface area contributed by atoms with Gasteiger partial charge in [0, 0.05) is 18.7 Å². The number of hydrogen-bond donors (Lipinski definition) is 2. The number of pyridine rings is 1. The molecule has 3 heterocycles. The van der Waals surface area contributed by atoms with Crippen molar-refractivity contribution >= 4 is 27.6 Å². The van der Waals surface area contributed by atoms with E-state index < -0.39 is 51.3 Å². The van der Waals surface area contributed by atoms with Crippen molar-refractivity contribution in [2.75, 3.05) is 13.1 Å². The molecule has 2 fully saturated rings. The van der Waals surface area contributed by atoms with E-state index in [2.05, 4.69) is 10.6 Å². The number of nitrogens with one attached hydrogen (secondary N) is 2. The highest BCUT2D eigenvalue weighted by Gasteiger charge is 2.37. The molecule has 4 rings (SSSR count). The first-order valence-corrected chi connectivity index (χ1v) is 14.0. The number of aromatic nitrogens is 1. The van der Waals surface area contributed by atoms with Crippen molar-refractivity contribution in [1.29, 1.82) is 0 Å². The SMILES string of the molecule is O=C(N[C@@H](CC1CCCCC1)C(=O)N[C@H]1CCCN(S(=O)(=O)c2cccc[n+]2[O-])CC1=O)c1ccoc1. The molecule has 2 atom stereocenters. The summed E-state index contributed by atoms with van der Waals surface area (Å²) in [4.78, 5) is 39.0. The van der Waals surface area contributed by atoms with E-state index in [0.29, 0.717) is 18.4 Å². The van der Waals surface area contributed by atoms with E-state index >= 15 is 0 Å². The van der Waals surface area contributed by atoms with E-state index in [9.17, 15) is 28.0 Å². The third kappa shape index (κ3) is 6.55. The number of ketones is 1. The lowest BCUT2D eigenvalue weighted by Crippen LogP contribution is -2.53. The number of carbonyl (C=O) groups is 3. The van der Waals surface area contributed by atoms with E-state index in [1.54, 1.807) is 0 Å². The average molecular weight is 533 g/mol. The Bertz CT molecular complexity index is 1210. The summed E-state index contributed by atoms with van der Waals surface area (Å²) < 4.78 is 32.2. The Hall–Kier alpha value is -3.25. The van der Waals surface area contributed by atoms with Gasteiger partial charge in [0.05, 0.1) is 24.4 Å². The van der Waals surface area contributed by atoms with Crippen LogP contribution in [0, 0.1) is 11.1 Å². The minimum Gasteiger partial charge on any atom is -0.618 e. The van der Waals surface area contributed by atoms with Crippen molar-refractivity contribution in [2.24, 2.45) is 5.92 Å². The van der Waals surface area contributed by atoms with Crippen molar-refractivity contribution in [2.45, 2.75) is 68.5 Å². The van der Waals surface area contributed by atoms with E-state index in [1.807, 2.05) is 0 Å². The van der Waals surface area contributed by atoms with Gasteiger partial charge in [0.1, 0.15) is 12.3 Å². The fraction of sp³-hybridized carbons (Fsp3) is 0.520. The maximum absolute atomic E-state index is 13.3. The summed E-state index contributed by atoms with van der Waals surface area (Å²) in [5, 5.41) is 17.1. The lowest BCUT2D eigenvalue weighted by Gasteiger charge is -2.27. The lowest BCUT2D eigenvalue weighted by atomic mass is 9.84. The van der Waals surface area contributed by atoms with Crippen LogP contribution in [0.3, 0.4) is 0 Å². The highest BCUT2D eigenvalue weighted by atomic mass is 32.2. The average Bonchev–Trinajstić information content (AvgIpc) is 3.36. The summed E-state index contributed by atoms with van der Waals surface area (Å²) in [6, 6.07) is 3.81. The number of hydrogen-bond acceptors (Lipinski definition) is 7. The highest BCUT2D eigenvalue weighted by molar-refractivity contribution is 7.89. The molecule has 200 valence electrons. The molecule has 0 unspecified atom stereocenters. The predicted molar refractivity (Wildman–Crippen MR) is 131 cm³/mol. The Balaban J connectivity index is 1.44. The summed E-state index contributed by atoms with van der Waals surface area (Å²) in [6.45, 7) is -0.422. The molecule has 12 heteroatoms. The van der Waals surface area contributed by atoms with Gasteiger partial charge >= 0.3 is 15.0 Å². The molecule has 2 aliphatic rings. The maximum atomic E-state index is 13.3. The van der Waals surface area contributed by atoms with Gasteiger partial charge in [0.15, 0.2) is 12.0 Å². The van der Waals surface area contributed by atoms with Crippen LogP contribution in [0.25, 0.3) is 0 Å². The Kier molecular flexibility index (Phi) is 8.59. The molecule has 1 saturated carbocycles. The van der Waals surface area contributed by atoms with Gasteiger partial charge in [-0.1, -0.05) is 32.1 Å². The van der Waals surface area contributed by atoms with Gasteiger partial charge in [-0.05, 0) is 37.3 Å². The lowest BCUT2D eigenvalue weighted by molar-refractivity contribution is -0.646. The van der Waals surface area contributed by atoms with Crippen LogP contribution in [-0.2, 0) is 19.6 Å².